The summed E-state index contributed by atoms with van der Waals surface area (Å²) < 4.78 is 71.4. The molecule has 1 aliphatic heterocycles. The lowest BCUT2D eigenvalue weighted by Gasteiger charge is -2.31. The van der Waals surface area contributed by atoms with E-state index in [1.165, 1.54) is 6.26 Å². The van der Waals surface area contributed by atoms with Crippen LogP contribution in [0.3, 0.4) is 0 Å². The maximum atomic E-state index is 13.9. The summed E-state index contributed by atoms with van der Waals surface area (Å²) in [6, 6.07) is 2.64. The predicted molar refractivity (Wildman–Crippen MR) is 89.0 cm³/mol. The van der Waals surface area contributed by atoms with Gasteiger partial charge in [0.2, 0.25) is 10.0 Å². The minimum absolute atomic E-state index is 0.00283. The summed E-state index contributed by atoms with van der Waals surface area (Å²) in [5.41, 5.74) is 0.682. The normalized spacial score (nSPS) is 16.4. The minimum Gasteiger partial charge on any atom is -0.459 e. The Morgan fingerprint density at radius 2 is 1.81 bits per heavy atom. The molecule has 1 aromatic carbocycles. The summed E-state index contributed by atoms with van der Waals surface area (Å²) in [4.78, 5) is 11.2. The first-order valence-corrected chi connectivity index (χ1v) is 9.64. The van der Waals surface area contributed by atoms with Gasteiger partial charge in [0.25, 0.3) is 5.91 Å². The monoisotopic (exact) mass is 402 g/mol. The fraction of sp³-hybridized carbons (Fsp3) is 0.353. The number of hydrogen-bond acceptors (Lipinski definition) is 4. The minimum atomic E-state index is -4.31. The van der Waals surface area contributed by atoms with Crippen molar-refractivity contribution in [1.82, 2.24) is 9.62 Å². The molecule has 0 radical (unpaired) electrons. The number of sulfonamides is 1. The molecule has 1 aromatic heterocycles. The first-order chi connectivity index (χ1) is 12.7. The van der Waals surface area contributed by atoms with Crippen molar-refractivity contribution in [2.75, 3.05) is 13.1 Å². The van der Waals surface area contributed by atoms with E-state index in [-0.39, 0.29) is 37.7 Å². The molecule has 10 heteroatoms. The number of aryl methyl sites for hydroxylation is 1. The van der Waals surface area contributed by atoms with Crippen LogP contribution >= 0.6 is 0 Å². The van der Waals surface area contributed by atoms with Crippen LogP contribution in [0.5, 0.6) is 0 Å². The highest BCUT2D eigenvalue weighted by Crippen LogP contribution is 2.25. The summed E-state index contributed by atoms with van der Waals surface area (Å²) in [6.07, 6.45) is 1.97. The van der Waals surface area contributed by atoms with Gasteiger partial charge < -0.3 is 9.73 Å². The number of furan rings is 1. The summed E-state index contributed by atoms with van der Waals surface area (Å²) in [7, 11) is -4.31. The highest BCUT2D eigenvalue weighted by molar-refractivity contribution is 7.89. The molecular formula is C17H17F3N2O4S. The number of nitrogens with one attached hydrogen (secondary N) is 1. The number of carbonyl (C=O) groups is 1. The van der Waals surface area contributed by atoms with Gasteiger partial charge >= 0.3 is 0 Å². The predicted octanol–water partition coefficient (Wildman–Crippen LogP) is 2.59. The second-order valence-corrected chi connectivity index (χ2v) is 8.16. The number of carbonyl (C=O) groups excluding carboxylic acids is 1. The van der Waals surface area contributed by atoms with Crippen LogP contribution in [0.1, 0.15) is 29.0 Å². The lowest BCUT2D eigenvalue weighted by Crippen LogP contribution is -2.46. The van der Waals surface area contributed by atoms with E-state index in [1.807, 2.05) is 0 Å². The lowest BCUT2D eigenvalue weighted by atomic mass is 10.1. The topological polar surface area (TPSA) is 79.6 Å². The number of hydrogen-bond donors (Lipinski definition) is 1. The van der Waals surface area contributed by atoms with Crippen LogP contribution in [0.15, 0.2) is 33.8 Å². The zero-order chi connectivity index (χ0) is 19.8. The van der Waals surface area contributed by atoms with Crippen LogP contribution in [0.25, 0.3) is 0 Å². The quantitative estimate of drug-likeness (QED) is 0.798. The Labute approximate surface area is 154 Å². The fourth-order valence-corrected chi connectivity index (χ4v) is 4.47. The van der Waals surface area contributed by atoms with Gasteiger partial charge in [0, 0.05) is 24.7 Å². The van der Waals surface area contributed by atoms with E-state index < -0.39 is 38.3 Å². The van der Waals surface area contributed by atoms with Gasteiger partial charge in [-0.25, -0.2) is 21.6 Å². The van der Waals surface area contributed by atoms with Crippen LogP contribution in [0, 0.1) is 24.4 Å². The molecule has 27 heavy (non-hydrogen) atoms. The summed E-state index contributed by atoms with van der Waals surface area (Å²) >= 11 is 0. The van der Waals surface area contributed by atoms with Crippen molar-refractivity contribution in [2.24, 2.45) is 0 Å². The number of halogens is 3. The van der Waals surface area contributed by atoms with Crippen molar-refractivity contribution in [3.8, 4) is 0 Å². The first-order valence-electron chi connectivity index (χ1n) is 8.20. The number of piperidine rings is 1. The van der Waals surface area contributed by atoms with Gasteiger partial charge in [-0.3, -0.25) is 4.79 Å². The van der Waals surface area contributed by atoms with Crippen molar-refractivity contribution in [1.29, 1.82) is 0 Å². The van der Waals surface area contributed by atoms with Gasteiger partial charge in [-0.2, -0.15) is 4.31 Å². The molecule has 146 valence electrons. The third kappa shape index (κ3) is 3.72. The van der Waals surface area contributed by atoms with Gasteiger partial charge in [-0.05, 0) is 38.0 Å². The van der Waals surface area contributed by atoms with Gasteiger partial charge in [-0.15, -0.1) is 0 Å². The van der Waals surface area contributed by atoms with Gasteiger partial charge in [0.05, 0.1) is 6.26 Å². The standard InChI is InChI=1S/C17H17F3N2O4S/c1-10-6-9-26-16(10)17(23)21-11-4-7-22(8-5-11)27(24,25)13-3-2-12(18)14(19)15(13)20/h2-3,6,9,11H,4-5,7-8H2,1H3,(H,21,23). The first kappa shape index (κ1) is 19.4. The van der Waals surface area contributed by atoms with E-state index in [2.05, 4.69) is 5.32 Å². The second-order valence-electron chi connectivity index (χ2n) is 6.26. The highest BCUT2D eigenvalue weighted by atomic mass is 32.2. The van der Waals surface area contributed by atoms with Gasteiger partial charge in [0.1, 0.15) is 4.90 Å². The zero-order valence-corrected chi connectivity index (χ0v) is 15.2. The summed E-state index contributed by atoms with van der Waals surface area (Å²) in [6.45, 7) is 1.73. The molecular weight excluding hydrogens is 385 g/mol. The van der Waals surface area contributed by atoms with Crippen molar-refractivity contribution >= 4 is 15.9 Å². The number of benzene rings is 1. The Hall–Kier alpha value is -2.33. The highest BCUT2D eigenvalue weighted by Gasteiger charge is 2.33. The number of amides is 1. The zero-order valence-electron chi connectivity index (χ0n) is 14.3. The number of rotatable bonds is 4. The van der Waals surface area contributed by atoms with E-state index in [9.17, 15) is 26.4 Å². The molecule has 6 nitrogen and oxygen atoms in total. The van der Waals surface area contributed by atoms with Crippen LogP contribution in [0.2, 0.25) is 0 Å². The largest absolute Gasteiger partial charge is 0.459 e. The van der Waals surface area contributed by atoms with Crippen LogP contribution in [-0.4, -0.2) is 37.8 Å². The Kier molecular flexibility index (Phi) is 5.29. The van der Waals surface area contributed by atoms with Crippen molar-refractivity contribution in [3.05, 3.63) is 53.2 Å². The van der Waals surface area contributed by atoms with E-state index in [1.54, 1.807) is 13.0 Å². The maximum Gasteiger partial charge on any atom is 0.287 e. The van der Waals surface area contributed by atoms with Gasteiger partial charge in [0.15, 0.2) is 23.2 Å². The molecule has 1 fully saturated rings. The van der Waals surface area contributed by atoms with Crippen LogP contribution < -0.4 is 5.32 Å². The molecule has 0 bridgehead atoms. The molecule has 0 aliphatic carbocycles. The van der Waals surface area contributed by atoms with Crippen LogP contribution in [-0.2, 0) is 10.0 Å². The third-order valence-electron chi connectivity index (χ3n) is 4.48. The second kappa shape index (κ2) is 7.35. The third-order valence-corrected chi connectivity index (χ3v) is 6.39. The van der Waals surface area contributed by atoms with E-state index in [0.717, 1.165) is 4.31 Å². The summed E-state index contributed by atoms with van der Waals surface area (Å²) in [5, 5.41) is 2.76. The molecule has 3 rings (SSSR count). The molecule has 0 atom stereocenters. The Balaban J connectivity index is 1.67. The van der Waals surface area contributed by atoms with E-state index in [4.69, 9.17) is 4.42 Å². The maximum absolute atomic E-state index is 13.9. The molecule has 0 saturated carbocycles. The molecule has 1 saturated heterocycles. The molecule has 1 N–H and O–H groups in total. The van der Waals surface area contributed by atoms with E-state index in [0.29, 0.717) is 17.7 Å². The molecule has 0 spiro atoms. The summed E-state index contributed by atoms with van der Waals surface area (Å²) in [5.74, 6) is -5.23. The van der Waals surface area contributed by atoms with Crippen LogP contribution in [0.4, 0.5) is 13.2 Å². The van der Waals surface area contributed by atoms with Crippen molar-refractivity contribution in [2.45, 2.75) is 30.7 Å². The molecule has 2 aromatic rings. The average molecular weight is 402 g/mol. The average Bonchev–Trinajstić information content (AvgIpc) is 3.06. The molecule has 2 heterocycles. The number of nitrogens with zero attached hydrogens (tertiary/aromatic N) is 1. The van der Waals surface area contributed by atoms with Crippen molar-refractivity contribution in [3.63, 3.8) is 0 Å². The Bertz CT molecular complexity index is 967. The Morgan fingerprint density at radius 1 is 1.15 bits per heavy atom. The molecule has 1 amide bonds. The molecule has 0 unspecified atom stereocenters. The molecule has 1 aliphatic rings. The van der Waals surface area contributed by atoms with Crippen molar-refractivity contribution < 1.29 is 30.8 Å². The SMILES string of the molecule is Cc1ccoc1C(=O)NC1CCN(S(=O)(=O)c2ccc(F)c(F)c2F)CC1. The van der Waals surface area contributed by atoms with Gasteiger partial charge in [-0.1, -0.05) is 0 Å². The Morgan fingerprint density at radius 3 is 2.41 bits per heavy atom. The lowest BCUT2D eigenvalue weighted by molar-refractivity contribution is 0.0895. The van der Waals surface area contributed by atoms with E-state index >= 15 is 0 Å². The smallest absolute Gasteiger partial charge is 0.287 e. The fourth-order valence-electron chi connectivity index (χ4n) is 2.94.